The van der Waals surface area contributed by atoms with Crippen LogP contribution in [0.2, 0.25) is 0 Å². The zero-order valence-electron chi connectivity index (χ0n) is 9.37. The smallest absolute Gasteiger partial charge is 0.0571 e. The highest BCUT2D eigenvalue weighted by atomic mass is 79.9. The zero-order valence-corrected chi connectivity index (χ0v) is 11.0. The lowest BCUT2D eigenvalue weighted by Crippen LogP contribution is -2.05. The van der Waals surface area contributed by atoms with Crippen molar-refractivity contribution in [2.45, 2.75) is 13.5 Å². The van der Waals surface area contributed by atoms with Gasteiger partial charge in [0.15, 0.2) is 0 Å². The molecule has 0 saturated carbocycles. The summed E-state index contributed by atoms with van der Waals surface area (Å²) in [5.41, 5.74) is 3.52. The van der Waals surface area contributed by atoms with Gasteiger partial charge in [-0.1, -0.05) is 22.0 Å². The second-order valence-corrected chi connectivity index (χ2v) is 4.62. The molecule has 1 aromatic heterocycles. The van der Waals surface area contributed by atoms with Gasteiger partial charge in [0.05, 0.1) is 12.2 Å². The van der Waals surface area contributed by atoms with Crippen molar-refractivity contribution < 1.29 is 0 Å². The van der Waals surface area contributed by atoms with Crippen LogP contribution in [-0.2, 0) is 13.6 Å². The SMILES string of the molecule is Cc1ccc(NCc2ccnn2C)cc1Br. The summed E-state index contributed by atoms with van der Waals surface area (Å²) in [7, 11) is 1.95. The van der Waals surface area contributed by atoms with Crippen LogP contribution in [0, 0.1) is 6.92 Å². The zero-order chi connectivity index (χ0) is 11.5. The molecule has 0 aliphatic heterocycles. The van der Waals surface area contributed by atoms with Gasteiger partial charge < -0.3 is 5.32 Å². The molecule has 1 N–H and O–H groups in total. The Balaban J connectivity index is 2.05. The minimum Gasteiger partial charge on any atom is -0.379 e. The minimum atomic E-state index is 0.784. The molecule has 0 aliphatic carbocycles. The first-order chi connectivity index (χ1) is 7.66. The highest BCUT2D eigenvalue weighted by molar-refractivity contribution is 9.10. The Morgan fingerprint density at radius 1 is 1.38 bits per heavy atom. The Bertz CT molecular complexity index is 491. The second kappa shape index (κ2) is 4.70. The predicted molar refractivity (Wildman–Crippen MR) is 69.4 cm³/mol. The molecule has 1 heterocycles. The Morgan fingerprint density at radius 2 is 2.19 bits per heavy atom. The number of aromatic nitrogens is 2. The van der Waals surface area contributed by atoms with Gasteiger partial charge in [0.1, 0.15) is 0 Å². The number of rotatable bonds is 3. The fourth-order valence-electron chi connectivity index (χ4n) is 1.47. The molecule has 0 amide bonds. The molecule has 16 heavy (non-hydrogen) atoms. The van der Waals surface area contributed by atoms with Crippen molar-refractivity contribution in [1.29, 1.82) is 0 Å². The molecule has 0 fully saturated rings. The number of anilines is 1. The summed E-state index contributed by atoms with van der Waals surface area (Å²) in [5.74, 6) is 0. The third kappa shape index (κ3) is 2.44. The average Bonchev–Trinajstić information content (AvgIpc) is 2.66. The van der Waals surface area contributed by atoms with Crippen molar-refractivity contribution in [3.05, 3.63) is 46.2 Å². The van der Waals surface area contributed by atoms with Gasteiger partial charge in [-0.15, -0.1) is 0 Å². The lowest BCUT2D eigenvalue weighted by molar-refractivity contribution is 0.720. The lowest BCUT2D eigenvalue weighted by Gasteiger charge is -2.08. The van der Waals surface area contributed by atoms with Crippen LogP contribution < -0.4 is 5.32 Å². The molecule has 2 aromatic rings. The van der Waals surface area contributed by atoms with Crippen molar-refractivity contribution in [3.63, 3.8) is 0 Å². The standard InChI is InChI=1S/C12H14BrN3/c1-9-3-4-10(7-12(9)13)14-8-11-5-6-15-16(11)2/h3-7,14H,8H2,1-2H3. The predicted octanol–water partition coefficient (Wildman–Crippen LogP) is 3.10. The third-order valence-electron chi connectivity index (χ3n) is 2.57. The van der Waals surface area contributed by atoms with Gasteiger partial charge in [-0.2, -0.15) is 5.10 Å². The number of nitrogens with one attached hydrogen (secondary N) is 1. The molecule has 0 bridgehead atoms. The number of halogens is 1. The maximum absolute atomic E-state index is 4.13. The fraction of sp³-hybridized carbons (Fsp3) is 0.250. The molecular formula is C12H14BrN3. The molecule has 2 rings (SSSR count). The van der Waals surface area contributed by atoms with E-state index < -0.39 is 0 Å². The number of hydrogen-bond donors (Lipinski definition) is 1. The van der Waals surface area contributed by atoms with Crippen LogP contribution >= 0.6 is 15.9 Å². The van der Waals surface area contributed by atoms with Gasteiger partial charge in [-0.3, -0.25) is 4.68 Å². The number of nitrogens with zero attached hydrogens (tertiary/aromatic N) is 2. The quantitative estimate of drug-likeness (QED) is 0.936. The van der Waals surface area contributed by atoms with E-state index in [0.29, 0.717) is 0 Å². The van der Waals surface area contributed by atoms with E-state index in [-0.39, 0.29) is 0 Å². The first-order valence-corrected chi connectivity index (χ1v) is 5.93. The summed E-state index contributed by atoms with van der Waals surface area (Å²) in [6.45, 7) is 2.86. The van der Waals surface area contributed by atoms with Crippen molar-refractivity contribution in [2.75, 3.05) is 5.32 Å². The molecule has 0 spiro atoms. The lowest BCUT2D eigenvalue weighted by atomic mass is 10.2. The second-order valence-electron chi connectivity index (χ2n) is 3.76. The van der Waals surface area contributed by atoms with E-state index in [9.17, 15) is 0 Å². The summed E-state index contributed by atoms with van der Waals surface area (Å²) in [4.78, 5) is 0. The van der Waals surface area contributed by atoms with E-state index >= 15 is 0 Å². The van der Waals surface area contributed by atoms with Crippen molar-refractivity contribution in [1.82, 2.24) is 9.78 Å². The summed E-state index contributed by atoms with van der Waals surface area (Å²) in [6.07, 6.45) is 1.81. The first kappa shape index (κ1) is 11.2. The van der Waals surface area contributed by atoms with E-state index in [2.05, 4.69) is 51.5 Å². The van der Waals surface area contributed by atoms with E-state index in [1.54, 1.807) is 0 Å². The van der Waals surface area contributed by atoms with Crippen LogP contribution in [-0.4, -0.2) is 9.78 Å². The molecule has 0 saturated heterocycles. The molecule has 4 heteroatoms. The Kier molecular flexibility index (Phi) is 3.29. The normalized spacial score (nSPS) is 10.4. The third-order valence-corrected chi connectivity index (χ3v) is 3.42. The van der Waals surface area contributed by atoms with E-state index in [0.717, 1.165) is 22.4 Å². The minimum absolute atomic E-state index is 0.784. The maximum atomic E-state index is 4.13. The van der Waals surface area contributed by atoms with Crippen LogP contribution in [0.3, 0.4) is 0 Å². The molecule has 84 valence electrons. The van der Waals surface area contributed by atoms with Gasteiger partial charge in [-0.25, -0.2) is 0 Å². The maximum Gasteiger partial charge on any atom is 0.0571 e. The summed E-state index contributed by atoms with van der Waals surface area (Å²) in [6, 6.07) is 8.27. The number of hydrogen-bond acceptors (Lipinski definition) is 2. The van der Waals surface area contributed by atoms with E-state index in [1.807, 2.05) is 24.0 Å². The monoisotopic (exact) mass is 279 g/mol. The molecule has 0 radical (unpaired) electrons. The summed E-state index contributed by atoms with van der Waals surface area (Å²) >= 11 is 3.52. The highest BCUT2D eigenvalue weighted by Gasteiger charge is 2.00. The van der Waals surface area contributed by atoms with Gasteiger partial charge in [0.25, 0.3) is 0 Å². The molecule has 0 aliphatic rings. The van der Waals surface area contributed by atoms with E-state index in [1.165, 1.54) is 5.56 Å². The Labute approximate surface area is 104 Å². The van der Waals surface area contributed by atoms with Gasteiger partial charge >= 0.3 is 0 Å². The highest BCUT2D eigenvalue weighted by Crippen LogP contribution is 2.20. The first-order valence-electron chi connectivity index (χ1n) is 5.14. The van der Waals surface area contributed by atoms with Gasteiger partial charge in [-0.05, 0) is 30.7 Å². The number of aryl methyl sites for hydroxylation is 2. The largest absolute Gasteiger partial charge is 0.379 e. The van der Waals surface area contributed by atoms with Gasteiger partial charge in [0, 0.05) is 23.4 Å². The molecule has 3 nitrogen and oxygen atoms in total. The van der Waals surface area contributed by atoms with Crippen LogP contribution in [0.4, 0.5) is 5.69 Å². The van der Waals surface area contributed by atoms with Crippen LogP contribution in [0.5, 0.6) is 0 Å². The van der Waals surface area contributed by atoms with Crippen molar-refractivity contribution in [3.8, 4) is 0 Å². The molecule has 1 aromatic carbocycles. The molecule has 0 unspecified atom stereocenters. The van der Waals surface area contributed by atoms with Crippen molar-refractivity contribution >= 4 is 21.6 Å². The molecule has 0 atom stereocenters. The van der Waals surface area contributed by atoms with Gasteiger partial charge in [0.2, 0.25) is 0 Å². The molecular weight excluding hydrogens is 266 g/mol. The van der Waals surface area contributed by atoms with Crippen molar-refractivity contribution in [2.24, 2.45) is 7.05 Å². The van der Waals surface area contributed by atoms with Crippen LogP contribution in [0.25, 0.3) is 0 Å². The summed E-state index contributed by atoms with van der Waals surface area (Å²) < 4.78 is 3.00. The number of benzene rings is 1. The fourth-order valence-corrected chi connectivity index (χ4v) is 1.85. The van der Waals surface area contributed by atoms with Crippen LogP contribution in [0.1, 0.15) is 11.3 Å². The van der Waals surface area contributed by atoms with Crippen LogP contribution in [0.15, 0.2) is 34.9 Å². The average molecular weight is 280 g/mol. The Hall–Kier alpha value is -1.29. The summed E-state index contributed by atoms with van der Waals surface area (Å²) in [5, 5.41) is 7.49. The van der Waals surface area contributed by atoms with E-state index in [4.69, 9.17) is 0 Å². The topological polar surface area (TPSA) is 29.9 Å². The Morgan fingerprint density at radius 3 is 2.81 bits per heavy atom.